The Balaban J connectivity index is 3.57. The Kier molecular flexibility index (Phi) is 25.7. The van der Waals surface area contributed by atoms with E-state index in [4.69, 9.17) is 5.11 Å². The van der Waals surface area contributed by atoms with Crippen LogP contribution in [0.4, 0.5) is 0 Å². The number of hydrogen-bond acceptors (Lipinski definition) is 2. The van der Waals surface area contributed by atoms with Gasteiger partial charge in [-0.3, -0.25) is 4.79 Å². The lowest BCUT2D eigenvalue weighted by Gasteiger charge is -2.21. The molecule has 0 rings (SSSR count). The monoisotopic (exact) mass is 477 g/mol. The summed E-state index contributed by atoms with van der Waals surface area (Å²) < 4.78 is 0. The SMILES string of the molecule is CCCCC/C=C\C/C=C\CCCCCCCCCC(CCCCCCCC(=O)O)CN(C)C. The fraction of sp³-hybridized carbons (Fsp3) is 0.839. The number of rotatable bonds is 26. The molecule has 3 nitrogen and oxygen atoms in total. The highest BCUT2D eigenvalue weighted by atomic mass is 16.4. The summed E-state index contributed by atoms with van der Waals surface area (Å²) in [7, 11) is 4.39. The first-order valence-corrected chi connectivity index (χ1v) is 14.7. The smallest absolute Gasteiger partial charge is 0.303 e. The molecule has 0 aliphatic rings. The van der Waals surface area contributed by atoms with Gasteiger partial charge in [0.25, 0.3) is 0 Å². The Morgan fingerprint density at radius 2 is 1.15 bits per heavy atom. The molecule has 1 unspecified atom stereocenters. The number of aliphatic carboxylic acids is 1. The molecule has 0 saturated carbocycles. The summed E-state index contributed by atoms with van der Waals surface area (Å²) >= 11 is 0. The minimum atomic E-state index is -0.657. The van der Waals surface area contributed by atoms with Crippen LogP contribution >= 0.6 is 0 Å². The first-order valence-electron chi connectivity index (χ1n) is 14.7. The lowest BCUT2D eigenvalue weighted by atomic mass is 9.93. The van der Waals surface area contributed by atoms with Crippen molar-refractivity contribution in [3.05, 3.63) is 24.3 Å². The largest absolute Gasteiger partial charge is 0.481 e. The van der Waals surface area contributed by atoms with Crippen LogP contribution in [0.5, 0.6) is 0 Å². The quantitative estimate of drug-likeness (QED) is 0.0995. The summed E-state index contributed by atoms with van der Waals surface area (Å²) in [5.74, 6) is 0.169. The third-order valence-electron chi connectivity index (χ3n) is 6.69. The third kappa shape index (κ3) is 27.2. The van der Waals surface area contributed by atoms with Gasteiger partial charge in [-0.2, -0.15) is 0 Å². The minimum absolute atomic E-state index is 0.331. The maximum atomic E-state index is 10.6. The van der Waals surface area contributed by atoms with Crippen molar-refractivity contribution in [3.63, 3.8) is 0 Å². The molecule has 0 aliphatic heterocycles. The predicted octanol–water partition coefficient (Wildman–Crippen LogP) is 9.57. The molecule has 1 N–H and O–H groups in total. The molecule has 0 fully saturated rings. The van der Waals surface area contributed by atoms with Crippen molar-refractivity contribution >= 4 is 5.97 Å². The summed E-state index contributed by atoms with van der Waals surface area (Å²) in [4.78, 5) is 12.9. The van der Waals surface area contributed by atoms with Gasteiger partial charge >= 0.3 is 5.97 Å². The molecule has 0 heterocycles. The Hall–Kier alpha value is -1.09. The van der Waals surface area contributed by atoms with E-state index in [1.54, 1.807) is 0 Å². The summed E-state index contributed by atoms with van der Waals surface area (Å²) in [5.41, 5.74) is 0. The van der Waals surface area contributed by atoms with Gasteiger partial charge in [0, 0.05) is 13.0 Å². The van der Waals surface area contributed by atoms with Crippen LogP contribution in [0.25, 0.3) is 0 Å². The zero-order valence-electron chi connectivity index (χ0n) is 23.2. The van der Waals surface area contributed by atoms with E-state index in [-0.39, 0.29) is 0 Å². The molecule has 0 radical (unpaired) electrons. The number of hydrogen-bond donors (Lipinski definition) is 1. The van der Waals surface area contributed by atoms with E-state index in [1.165, 1.54) is 116 Å². The van der Waals surface area contributed by atoms with Crippen molar-refractivity contribution in [2.24, 2.45) is 5.92 Å². The summed E-state index contributed by atoms with van der Waals surface area (Å²) in [6, 6.07) is 0. The Morgan fingerprint density at radius 1 is 0.676 bits per heavy atom. The number of carbonyl (C=O) groups is 1. The molecule has 0 spiro atoms. The maximum absolute atomic E-state index is 10.6. The Labute approximate surface area is 213 Å². The zero-order valence-corrected chi connectivity index (χ0v) is 23.2. The van der Waals surface area contributed by atoms with Crippen molar-refractivity contribution in [3.8, 4) is 0 Å². The zero-order chi connectivity index (χ0) is 25.1. The highest BCUT2D eigenvalue weighted by molar-refractivity contribution is 5.66. The fourth-order valence-electron chi connectivity index (χ4n) is 4.68. The van der Waals surface area contributed by atoms with Crippen molar-refractivity contribution in [1.29, 1.82) is 0 Å². The molecule has 34 heavy (non-hydrogen) atoms. The van der Waals surface area contributed by atoms with Crippen LogP contribution in [0.15, 0.2) is 24.3 Å². The van der Waals surface area contributed by atoms with Crippen LogP contribution in [-0.2, 0) is 4.79 Å². The topological polar surface area (TPSA) is 40.5 Å². The van der Waals surface area contributed by atoms with Gasteiger partial charge in [0.05, 0.1) is 0 Å². The van der Waals surface area contributed by atoms with E-state index < -0.39 is 5.97 Å². The van der Waals surface area contributed by atoms with Gasteiger partial charge < -0.3 is 10.0 Å². The summed E-state index contributed by atoms with van der Waals surface area (Å²) in [6.07, 6.45) is 35.4. The van der Waals surface area contributed by atoms with Crippen LogP contribution < -0.4 is 0 Å². The molecule has 0 aromatic rings. The van der Waals surface area contributed by atoms with Crippen molar-refractivity contribution in [2.45, 2.75) is 142 Å². The lowest BCUT2D eigenvalue weighted by Crippen LogP contribution is -2.21. The number of nitrogens with zero attached hydrogens (tertiary/aromatic N) is 1. The Morgan fingerprint density at radius 3 is 1.65 bits per heavy atom. The average molecular weight is 478 g/mol. The number of allylic oxidation sites excluding steroid dienone is 4. The maximum Gasteiger partial charge on any atom is 0.303 e. The van der Waals surface area contributed by atoms with Crippen LogP contribution in [-0.4, -0.2) is 36.6 Å². The van der Waals surface area contributed by atoms with Crippen molar-refractivity contribution in [1.82, 2.24) is 4.90 Å². The second-order valence-corrected chi connectivity index (χ2v) is 10.6. The number of carboxylic acid groups (broad SMARTS) is 1. The van der Waals surface area contributed by atoms with Crippen LogP contribution in [0.3, 0.4) is 0 Å². The van der Waals surface area contributed by atoms with Crippen LogP contribution in [0, 0.1) is 5.92 Å². The standard InChI is InChI=1S/C31H59NO2/c1-4-5-6-7-8-9-10-11-12-13-14-15-16-17-18-20-23-26-30(29-32(2)3)27-24-21-19-22-25-28-31(33)34/h8-9,11-12,30H,4-7,10,13-29H2,1-3H3,(H,33,34)/b9-8-,12-11-. The second kappa shape index (κ2) is 26.5. The second-order valence-electron chi connectivity index (χ2n) is 10.6. The molecule has 0 saturated heterocycles. The van der Waals surface area contributed by atoms with E-state index in [1.807, 2.05) is 0 Å². The van der Waals surface area contributed by atoms with Crippen LogP contribution in [0.1, 0.15) is 142 Å². The van der Waals surface area contributed by atoms with Crippen LogP contribution in [0.2, 0.25) is 0 Å². The van der Waals surface area contributed by atoms with E-state index >= 15 is 0 Å². The number of unbranched alkanes of at least 4 members (excludes halogenated alkanes) is 14. The first kappa shape index (κ1) is 32.9. The van der Waals surface area contributed by atoms with Crippen molar-refractivity contribution < 1.29 is 9.90 Å². The fourth-order valence-corrected chi connectivity index (χ4v) is 4.68. The van der Waals surface area contributed by atoms with E-state index in [2.05, 4.69) is 50.2 Å². The molecule has 0 aromatic carbocycles. The van der Waals surface area contributed by atoms with Crippen molar-refractivity contribution in [2.75, 3.05) is 20.6 Å². The molecule has 0 amide bonds. The van der Waals surface area contributed by atoms with Gasteiger partial charge in [-0.25, -0.2) is 0 Å². The molecule has 200 valence electrons. The van der Waals surface area contributed by atoms with E-state index in [9.17, 15) is 4.79 Å². The lowest BCUT2D eigenvalue weighted by molar-refractivity contribution is -0.137. The van der Waals surface area contributed by atoms with Gasteiger partial charge in [-0.1, -0.05) is 108 Å². The molecule has 0 aromatic heterocycles. The highest BCUT2D eigenvalue weighted by Gasteiger charge is 2.10. The number of carboxylic acids is 1. The minimum Gasteiger partial charge on any atom is -0.481 e. The molecular weight excluding hydrogens is 418 g/mol. The van der Waals surface area contributed by atoms with Gasteiger partial charge in [0.1, 0.15) is 0 Å². The van der Waals surface area contributed by atoms with E-state index in [0.717, 1.165) is 25.2 Å². The summed E-state index contributed by atoms with van der Waals surface area (Å²) in [5, 5.41) is 8.71. The van der Waals surface area contributed by atoms with Gasteiger partial charge in [0.2, 0.25) is 0 Å². The highest BCUT2D eigenvalue weighted by Crippen LogP contribution is 2.20. The third-order valence-corrected chi connectivity index (χ3v) is 6.69. The molecule has 3 heteroatoms. The van der Waals surface area contributed by atoms with Gasteiger partial charge in [-0.15, -0.1) is 0 Å². The van der Waals surface area contributed by atoms with Gasteiger partial charge in [-0.05, 0) is 71.4 Å². The normalized spacial score (nSPS) is 12.9. The Bertz CT molecular complexity index is 484. The molecule has 1 atom stereocenters. The van der Waals surface area contributed by atoms with Gasteiger partial charge in [0.15, 0.2) is 0 Å². The van der Waals surface area contributed by atoms with E-state index in [0.29, 0.717) is 6.42 Å². The summed E-state index contributed by atoms with van der Waals surface area (Å²) in [6.45, 7) is 3.47. The molecule has 0 bridgehead atoms. The molecule has 0 aliphatic carbocycles. The molecular formula is C31H59NO2. The first-order chi connectivity index (χ1) is 16.6. The predicted molar refractivity (Wildman–Crippen MR) is 151 cm³/mol. The average Bonchev–Trinajstić information content (AvgIpc) is 2.79.